The van der Waals surface area contributed by atoms with Crippen LogP contribution in [0, 0.1) is 25.7 Å². The van der Waals surface area contributed by atoms with Crippen molar-refractivity contribution in [1.82, 2.24) is 0 Å². The second kappa shape index (κ2) is 11.4. The van der Waals surface area contributed by atoms with Crippen LogP contribution in [0.1, 0.15) is 88.0 Å². The molecule has 0 aliphatic heterocycles. The van der Waals surface area contributed by atoms with Crippen LogP contribution in [0.5, 0.6) is 0 Å². The third-order valence-corrected chi connectivity index (χ3v) is 7.00. The lowest BCUT2D eigenvalue weighted by Crippen LogP contribution is -2.33. The molecule has 1 saturated carbocycles. The van der Waals surface area contributed by atoms with Gasteiger partial charge in [0.25, 0.3) is 0 Å². The minimum atomic E-state index is 0.475. The summed E-state index contributed by atoms with van der Waals surface area (Å²) in [7, 11) is 0. The van der Waals surface area contributed by atoms with Gasteiger partial charge in [0, 0.05) is 0 Å². The van der Waals surface area contributed by atoms with Crippen LogP contribution in [0.15, 0.2) is 55.1 Å². The molecule has 0 N–H and O–H groups in total. The third kappa shape index (κ3) is 6.59. The molecule has 0 heteroatoms. The normalized spacial score (nSPS) is 22.3. The summed E-state index contributed by atoms with van der Waals surface area (Å²) in [5, 5.41) is 0. The standard InChI is InChI=1S/C19H30.C10H12/c1-4-8-17(3)15-19(13-11-16(2)12-14-19)18-9-6-5-7-10-18;1-4-10-7-5-6-8(2)9(10)3/h5-7,9-10,16-17H,4,8,11-15H2,1-3H3;4-7H,1H2,2-3H3. The molecule has 158 valence electrons. The molecule has 3 rings (SSSR count). The summed E-state index contributed by atoms with van der Waals surface area (Å²) in [6.07, 6.45) is 11.6. The molecule has 0 heterocycles. The fourth-order valence-electron chi connectivity index (χ4n) is 4.97. The van der Waals surface area contributed by atoms with Crippen molar-refractivity contribution in [2.24, 2.45) is 11.8 Å². The highest BCUT2D eigenvalue weighted by atomic mass is 14.4. The Morgan fingerprint density at radius 1 is 1.03 bits per heavy atom. The molecule has 0 saturated heterocycles. The zero-order chi connectivity index (χ0) is 21.3. The zero-order valence-corrected chi connectivity index (χ0v) is 19.5. The maximum Gasteiger partial charge on any atom is -0.00442 e. The average molecular weight is 391 g/mol. The van der Waals surface area contributed by atoms with Gasteiger partial charge in [-0.3, -0.25) is 0 Å². The van der Waals surface area contributed by atoms with Gasteiger partial charge in [0.05, 0.1) is 0 Å². The van der Waals surface area contributed by atoms with Gasteiger partial charge in [0.15, 0.2) is 0 Å². The first-order chi connectivity index (χ1) is 13.9. The summed E-state index contributed by atoms with van der Waals surface area (Å²) in [6, 6.07) is 17.6. The van der Waals surface area contributed by atoms with Crippen LogP contribution in [-0.2, 0) is 5.41 Å². The van der Waals surface area contributed by atoms with Gasteiger partial charge >= 0.3 is 0 Å². The smallest absolute Gasteiger partial charge is 0.00442 e. The highest BCUT2D eigenvalue weighted by molar-refractivity contribution is 5.53. The molecule has 1 atom stereocenters. The monoisotopic (exact) mass is 390 g/mol. The molecule has 0 nitrogen and oxygen atoms in total. The van der Waals surface area contributed by atoms with Gasteiger partial charge in [-0.2, -0.15) is 0 Å². The molecular formula is C29H42. The molecule has 1 fully saturated rings. The van der Waals surface area contributed by atoms with E-state index in [-0.39, 0.29) is 0 Å². The van der Waals surface area contributed by atoms with Crippen molar-refractivity contribution in [2.75, 3.05) is 0 Å². The minimum Gasteiger partial charge on any atom is -0.0985 e. The SMILES string of the molecule is C=Cc1cccc(C)c1C.CCCC(C)CC1(c2ccccc2)CCC(C)CC1. The maximum atomic E-state index is 3.73. The summed E-state index contributed by atoms with van der Waals surface area (Å²) >= 11 is 0. The molecule has 0 aromatic heterocycles. The molecule has 1 unspecified atom stereocenters. The van der Waals surface area contributed by atoms with Crippen molar-refractivity contribution in [3.8, 4) is 0 Å². The number of rotatable bonds is 6. The van der Waals surface area contributed by atoms with Crippen molar-refractivity contribution in [3.63, 3.8) is 0 Å². The van der Waals surface area contributed by atoms with Crippen LogP contribution in [0.2, 0.25) is 0 Å². The number of hydrogen-bond donors (Lipinski definition) is 0. The molecular weight excluding hydrogens is 348 g/mol. The summed E-state index contributed by atoms with van der Waals surface area (Å²) in [5.74, 6) is 1.79. The van der Waals surface area contributed by atoms with Crippen molar-refractivity contribution in [2.45, 2.75) is 85.0 Å². The van der Waals surface area contributed by atoms with Crippen LogP contribution in [0.25, 0.3) is 6.08 Å². The van der Waals surface area contributed by atoms with Gasteiger partial charge in [0.2, 0.25) is 0 Å². The van der Waals surface area contributed by atoms with Crippen LogP contribution in [-0.4, -0.2) is 0 Å². The van der Waals surface area contributed by atoms with Crippen molar-refractivity contribution in [1.29, 1.82) is 0 Å². The van der Waals surface area contributed by atoms with Gasteiger partial charge in [-0.05, 0) is 85.5 Å². The van der Waals surface area contributed by atoms with E-state index in [0.29, 0.717) is 5.41 Å². The van der Waals surface area contributed by atoms with Crippen LogP contribution < -0.4 is 0 Å². The molecule has 1 aliphatic carbocycles. The van der Waals surface area contributed by atoms with Gasteiger partial charge in [0.1, 0.15) is 0 Å². The van der Waals surface area contributed by atoms with Gasteiger partial charge in [-0.15, -0.1) is 0 Å². The Hall–Kier alpha value is -1.82. The van der Waals surface area contributed by atoms with E-state index in [1.807, 2.05) is 6.08 Å². The van der Waals surface area contributed by atoms with E-state index in [1.165, 1.54) is 61.6 Å². The quantitative estimate of drug-likeness (QED) is 0.462. The second-order valence-corrected chi connectivity index (χ2v) is 9.42. The Morgan fingerprint density at radius 3 is 2.24 bits per heavy atom. The fourth-order valence-corrected chi connectivity index (χ4v) is 4.97. The Morgan fingerprint density at radius 2 is 1.69 bits per heavy atom. The molecule has 0 spiro atoms. The lowest BCUT2D eigenvalue weighted by Gasteiger charge is -2.42. The van der Waals surface area contributed by atoms with Crippen LogP contribution in [0.3, 0.4) is 0 Å². The molecule has 0 amide bonds. The Kier molecular flexibility index (Phi) is 9.21. The van der Waals surface area contributed by atoms with Crippen LogP contribution >= 0.6 is 0 Å². The summed E-state index contributed by atoms with van der Waals surface area (Å²) in [5.41, 5.74) is 5.97. The zero-order valence-electron chi connectivity index (χ0n) is 19.5. The first-order valence-electron chi connectivity index (χ1n) is 11.7. The molecule has 0 bridgehead atoms. The average Bonchev–Trinajstić information content (AvgIpc) is 2.73. The topological polar surface area (TPSA) is 0 Å². The highest BCUT2D eigenvalue weighted by Crippen LogP contribution is 2.46. The minimum absolute atomic E-state index is 0.475. The number of aryl methyl sites for hydroxylation is 1. The summed E-state index contributed by atoms with van der Waals surface area (Å²) in [6.45, 7) is 15.1. The number of benzene rings is 2. The van der Waals surface area contributed by atoms with E-state index in [2.05, 4.69) is 89.7 Å². The largest absolute Gasteiger partial charge is 0.0985 e. The van der Waals surface area contributed by atoms with E-state index >= 15 is 0 Å². The first-order valence-corrected chi connectivity index (χ1v) is 11.7. The molecule has 1 aliphatic rings. The van der Waals surface area contributed by atoms with E-state index in [1.54, 1.807) is 5.56 Å². The van der Waals surface area contributed by atoms with E-state index < -0.39 is 0 Å². The highest BCUT2D eigenvalue weighted by Gasteiger charge is 2.36. The van der Waals surface area contributed by atoms with E-state index in [9.17, 15) is 0 Å². The number of hydrogen-bond acceptors (Lipinski definition) is 0. The summed E-state index contributed by atoms with van der Waals surface area (Å²) < 4.78 is 0. The van der Waals surface area contributed by atoms with Crippen molar-refractivity contribution in [3.05, 3.63) is 77.4 Å². The Balaban J connectivity index is 0.000000253. The summed E-state index contributed by atoms with van der Waals surface area (Å²) in [4.78, 5) is 0. The molecule has 2 aromatic carbocycles. The fraction of sp³-hybridized carbons (Fsp3) is 0.517. The first kappa shape index (κ1) is 23.5. The van der Waals surface area contributed by atoms with Crippen molar-refractivity contribution >= 4 is 6.08 Å². The van der Waals surface area contributed by atoms with Gasteiger partial charge in [-0.1, -0.05) is 94.8 Å². The lowest BCUT2D eigenvalue weighted by molar-refractivity contribution is 0.199. The van der Waals surface area contributed by atoms with E-state index in [4.69, 9.17) is 0 Å². The van der Waals surface area contributed by atoms with Gasteiger partial charge in [-0.25, -0.2) is 0 Å². The second-order valence-electron chi connectivity index (χ2n) is 9.42. The van der Waals surface area contributed by atoms with Crippen LogP contribution in [0.4, 0.5) is 0 Å². The Labute approximate surface area is 180 Å². The predicted octanol–water partition coefficient (Wildman–Crippen LogP) is 8.91. The lowest BCUT2D eigenvalue weighted by atomic mass is 9.63. The molecule has 2 aromatic rings. The van der Waals surface area contributed by atoms with Gasteiger partial charge < -0.3 is 0 Å². The van der Waals surface area contributed by atoms with Crippen molar-refractivity contribution < 1.29 is 0 Å². The Bertz CT molecular complexity index is 732. The predicted molar refractivity (Wildman–Crippen MR) is 130 cm³/mol. The van der Waals surface area contributed by atoms with E-state index in [0.717, 1.165) is 11.8 Å². The maximum absolute atomic E-state index is 3.73. The molecule has 29 heavy (non-hydrogen) atoms. The third-order valence-electron chi connectivity index (χ3n) is 7.00. The molecule has 0 radical (unpaired) electrons.